The van der Waals surface area contributed by atoms with E-state index in [0.717, 1.165) is 5.56 Å². The summed E-state index contributed by atoms with van der Waals surface area (Å²) in [5.41, 5.74) is 12.5. The van der Waals surface area contributed by atoms with E-state index in [0.29, 0.717) is 17.1 Å². The second kappa shape index (κ2) is 5.54. The van der Waals surface area contributed by atoms with Crippen molar-refractivity contribution in [3.63, 3.8) is 0 Å². The zero-order valence-corrected chi connectivity index (χ0v) is 10.7. The first-order valence-corrected chi connectivity index (χ1v) is 6.00. The fourth-order valence-corrected chi connectivity index (χ4v) is 1.73. The minimum absolute atomic E-state index is 0.0213. The molecule has 4 N–H and O–H groups in total. The Morgan fingerprint density at radius 2 is 1.74 bits per heavy atom. The Kier molecular flexibility index (Phi) is 3.82. The quantitative estimate of drug-likeness (QED) is 0.882. The lowest BCUT2D eigenvalue weighted by Crippen LogP contribution is -2.12. The lowest BCUT2D eigenvalue weighted by molar-refractivity contribution is 0.0998. The van der Waals surface area contributed by atoms with E-state index >= 15 is 0 Å². The van der Waals surface area contributed by atoms with Crippen molar-refractivity contribution in [1.82, 2.24) is 0 Å². The van der Waals surface area contributed by atoms with Crippen LogP contribution in [-0.2, 0) is 0 Å². The zero-order valence-electron chi connectivity index (χ0n) is 10.7. The van der Waals surface area contributed by atoms with Gasteiger partial charge in [-0.25, -0.2) is 0 Å². The van der Waals surface area contributed by atoms with Crippen molar-refractivity contribution in [3.05, 3.63) is 59.7 Å². The molecule has 4 nitrogen and oxygen atoms in total. The van der Waals surface area contributed by atoms with Crippen molar-refractivity contribution in [1.29, 1.82) is 0 Å². The average molecular weight is 256 g/mol. The van der Waals surface area contributed by atoms with Gasteiger partial charge in [0.2, 0.25) is 0 Å². The van der Waals surface area contributed by atoms with E-state index in [1.54, 1.807) is 24.3 Å². The molecule has 2 aromatic carbocycles. The third-order valence-corrected chi connectivity index (χ3v) is 2.79. The van der Waals surface area contributed by atoms with E-state index in [1.807, 2.05) is 31.2 Å². The maximum Gasteiger partial charge on any atom is 0.252 e. The molecule has 0 spiro atoms. The number of hydrogen-bond donors (Lipinski definition) is 2. The highest BCUT2D eigenvalue weighted by Gasteiger charge is 2.09. The highest BCUT2D eigenvalue weighted by atomic mass is 16.5. The van der Waals surface area contributed by atoms with Gasteiger partial charge in [-0.15, -0.1) is 0 Å². The number of rotatable bonds is 4. The van der Waals surface area contributed by atoms with E-state index < -0.39 is 5.91 Å². The van der Waals surface area contributed by atoms with Crippen molar-refractivity contribution in [3.8, 4) is 11.5 Å². The highest BCUT2D eigenvalue weighted by molar-refractivity contribution is 5.95. The number of carbonyl (C=O) groups excluding carboxylic acids is 1. The fraction of sp³-hybridized carbons (Fsp3) is 0.133. The third-order valence-electron chi connectivity index (χ3n) is 2.79. The molecule has 0 aliphatic heterocycles. The summed E-state index contributed by atoms with van der Waals surface area (Å²) in [4.78, 5) is 11.3. The van der Waals surface area contributed by atoms with Crippen molar-refractivity contribution in [2.75, 3.05) is 0 Å². The SMILES string of the molecule is CC(N)c1ccc(Oc2ccccc2C(N)=O)cc1. The molecule has 1 atom stereocenters. The van der Waals surface area contributed by atoms with E-state index in [1.165, 1.54) is 0 Å². The molecule has 0 saturated heterocycles. The molecule has 19 heavy (non-hydrogen) atoms. The average Bonchev–Trinajstić information content (AvgIpc) is 2.39. The number of primary amides is 1. The van der Waals surface area contributed by atoms with Gasteiger partial charge in [-0.05, 0) is 36.8 Å². The molecule has 0 aliphatic rings. The molecule has 2 aromatic rings. The number of ether oxygens (including phenoxy) is 1. The fourth-order valence-electron chi connectivity index (χ4n) is 1.73. The van der Waals surface area contributed by atoms with Gasteiger partial charge in [0.15, 0.2) is 0 Å². The number of benzene rings is 2. The second-order valence-electron chi connectivity index (χ2n) is 4.32. The largest absolute Gasteiger partial charge is 0.457 e. The van der Waals surface area contributed by atoms with Crippen LogP contribution in [0.25, 0.3) is 0 Å². The summed E-state index contributed by atoms with van der Waals surface area (Å²) in [7, 11) is 0. The summed E-state index contributed by atoms with van der Waals surface area (Å²) in [6, 6.07) is 14.3. The minimum atomic E-state index is -0.511. The van der Waals surface area contributed by atoms with Crippen LogP contribution in [0.3, 0.4) is 0 Å². The van der Waals surface area contributed by atoms with Crippen molar-refractivity contribution >= 4 is 5.91 Å². The van der Waals surface area contributed by atoms with Crippen LogP contribution >= 0.6 is 0 Å². The maximum atomic E-state index is 11.3. The Hall–Kier alpha value is -2.33. The van der Waals surface area contributed by atoms with Crippen LogP contribution in [0.2, 0.25) is 0 Å². The predicted molar refractivity (Wildman–Crippen MR) is 74.1 cm³/mol. The summed E-state index contributed by atoms with van der Waals surface area (Å²) < 4.78 is 5.66. The first-order valence-electron chi connectivity index (χ1n) is 6.00. The Morgan fingerprint density at radius 3 is 2.32 bits per heavy atom. The maximum absolute atomic E-state index is 11.3. The van der Waals surface area contributed by atoms with Gasteiger partial charge in [0.1, 0.15) is 11.5 Å². The predicted octanol–water partition coefficient (Wildman–Crippen LogP) is 2.60. The molecule has 0 aliphatic carbocycles. The molecule has 0 saturated carbocycles. The van der Waals surface area contributed by atoms with Crippen molar-refractivity contribution in [2.45, 2.75) is 13.0 Å². The first-order chi connectivity index (χ1) is 9.08. The Bertz CT molecular complexity index is 577. The summed E-state index contributed by atoms with van der Waals surface area (Å²) in [5.74, 6) is 0.574. The van der Waals surface area contributed by atoms with Crippen LogP contribution in [0.4, 0.5) is 0 Å². The van der Waals surface area contributed by atoms with Gasteiger partial charge in [-0.3, -0.25) is 4.79 Å². The van der Waals surface area contributed by atoms with Crippen molar-refractivity contribution < 1.29 is 9.53 Å². The van der Waals surface area contributed by atoms with Crippen LogP contribution in [0.1, 0.15) is 28.9 Å². The van der Waals surface area contributed by atoms with Crippen LogP contribution in [0.5, 0.6) is 11.5 Å². The summed E-state index contributed by atoms with van der Waals surface area (Å²) in [6.45, 7) is 1.91. The number of nitrogens with two attached hydrogens (primary N) is 2. The van der Waals surface area contributed by atoms with Crippen LogP contribution in [0.15, 0.2) is 48.5 Å². The molecule has 1 amide bonds. The van der Waals surface area contributed by atoms with Crippen molar-refractivity contribution in [2.24, 2.45) is 11.5 Å². The molecule has 1 unspecified atom stereocenters. The topological polar surface area (TPSA) is 78.3 Å². The van der Waals surface area contributed by atoms with E-state index in [2.05, 4.69) is 0 Å². The number of para-hydroxylation sites is 1. The van der Waals surface area contributed by atoms with Gasteiger partial charge < -0.3 is 16.2 Å². The van der Waals surface area contributed by atoms with Crippen LogP contribution in [-0.4, -0.2) is 5.91 Å². The van der Waals surface area contributed by atoms with Gasteiger partial charge in [0, 0.05) is 6.04 Å². The molecule has 0 bridgehead atoms. The van der Waals surface area contributed by atoms with Gasteiger partial charge in [0.25, 0.3) is 5.91 Å². The molecule has 0 aromatic heterocycles. The molecule has 0 heterocycles. The summed E-state index contributed by atoms with van der Waals surface area (Å²) in [6.07, 6.45) is 0. The van der Waals surface area contributed by atoms with Gasteiger partial charge in [-0.1, -0.05) is 24.3 Å². The number of hydrogen-bond acceptors (Lipinski definition) is 3. The lowest BCUT2D eigenvalue weighted by Gasteiger charge is -2.10. The lowest BCUT2D eigenvalue weighted by atomic mass is 10.1. The van der Waals surface area contributed by atoms with E-state index in [-0.39, 0.29) is 6.04 Å². The molecular formula is C15H16N2O2. The molecule has 98 valence electrons. The Labute approximate surface area is 112 Å². The standard InChI is InChI=1S/C15H16N2O2/c1-10(16)11-6-8-12(9-7-11)19-14-5-3-2-4-13(14)15(17)18/h2-10H,16H2,1H3,(H2,17,18). The minimum Gasteiger partial charge on any atom is -0.457 e. The Balaban J connectivity index is 2.24. The molecule has 0 radical (unpaired) electrons. The number of amides is 1. The molecule has 2 rings (SSSR count). The highest BCUT2D eigenvalue weighted by Crippen LogP contribution is 2.25. The number of carbonyl (C=O) groups is 1. The Morgan fingerprint density at radius 1 is 1.11 bits per heavy atom. The van der Waals surface area contributed by atoms with Crippen LogP contribution in [0, 0.1) is 0 Å². The monoisotopic (exact) mass is 256 g/mol. The molecule has 4 heteroatoms. The normalized spacial score (nSPS) is 11.9. The van der Waals surface area contributed by atoms with Crippen LogP contribution < -0.4 is 16.2 Å². The summed E-state index contributed by atoms with van der Waals surface area (Å²) >= 11 is 0. The zero-order chi connectivity index (χ0) is 13.8. The summed E-state index contributed by atoms with van der Waals surface area (Å²) in [5, 5.41) is 0. The second-order valence-corrected chi connectivity index (χ2v) is 4.32. The van der Waals surface area contributed by atoms with E-state index in [4.69, 9.17) is 16.2 Å². The van der Waals surface area contributed by atoms with Gasteiger partial charge >= 0.3 is 0 Å². The third kappa shape index (κ3) is 3.11. The smallest absolute Gasteiger partial charge is 0.252 e. The van der Waals surface area contributed by atoms with Gasteiger partial charge in [0.05, 0.1) is 5.56 Å². The first kappa shape index (κ1) is 13.1. The van der Waals surface area contributed by atoms with Gasteiger partial charge in [-0.2, -0.15) is 0 Å². The molecular weight excluding hydrogens is 240 g/mol. The van der Waals surface area contributed by atoms with E-state index in [9.17, 15) is 4.79 Å². The molecule has 0 fully saturated rings.